The summed E-state index contributed by atoms with van der Waals surface area (Å²) in [5.41, 5.74) is 3.19. The number of hydrogen-bond acceptors (Lipinski definition) is 4. The lowest BCUT2D eigenvalue weighted by atomic mass is 9.98. The second kappa shape index (κ2) is 12.4. The maximum Gasteiger partial charge on any atom is 0.307 e. The Labute approximate surface area is 198 Å². The molecule has 1 aliphatic heterocycles. The van der Waals surface area contributed by atoms with Crippen molar-refractivity contribution in [2.45, 2.75) is 126 Å². The highest BCUT2D eigenvalue weighted by Gasteiger charge is 2.56. The second-order valence-electron chi connectivity index (χ2n) is 11.3. The molecule has 0 aromatic heterocycles. The minimum absolute atomic E-state index is 0.0229. The number of rotatable bonds is 8. The van der Waals surface area contributed by atoms with Crippen molar-refractivity contribution in [1.29, 1.82) is 0 Å². The number of ether oxygens (including phenoxy) is 1. The standard InChI is InChI=1S/C27H50N2O2Si/c1-2-31-27(30)18-19-28-20-22-29(23-21-28)32(24-12-6-3-7-13-24,25-14-8-4-9-15-25)26-16-10-5-11-17-26/h24-26H,2-23H2,1H3. The average molecular weight is 463 g/mol. The molecule has 4 nitrogen and oxygen atoms in total. The van der Waals surface area contributed by atoms with E-state index in [1.165, 1.54) is 84.0 Å². The van der Waals surface area contributed by atoms with Gasteiger partial charge in [0.15, 0.2) is 0 Å². The van der Waals surface area contributed by atoms with Crippen LogP contribution < -0.4 is 0 Å². The molecule has 0 radical (unpaired) electrons. The fourth-order valence-corrected chi connectivity index (χ4v) is 16.8. The van der Waals surface area contributed by atoms with E-state index >= 15 is 0 Å². The van der Waals surface area contributed by atoms with Gasteiger partial charge in [-0.15, -0.1) is 0 Å². The lowest BCUT2D eigenvalue weighted by molar-refractivity contribution is -0.143. The molecular formula is C27H50N2O2Si. The molecule has 0 aromatic rings. The van der Waals surface area contributed by atoms with Crippen LogP contribution in [0.1, 0.15) is 110 Å². The molecule has 1 saturated heterocycles. The molecule has 0 spiro atoms. The summed E-state index contributed by atoms with van der Waals surface area (Å²) < 4.78 is 8.38. The highest BCUT2D eigenvalue weighted by Crippen LogP contribution is 2.58. The molecule has 1 heterocycles. The van der Waals surface area contributed by atoms with Gasteiger partial charge in [-0.25, -0.2) is 0 Å². The van der Waals surface area contributed by atoms with Gasteiger partial charge in [0, 0.05) is 32.7 Å². The van der Waals surface area contributed by atoms with Gasteiger partial charge >= 0.3 is 5.97 Å². The quantitative estimate of drug-likeness (QED) is 0.304. The summed E-state index contributed by atoms with van der Waals surface area (Å²) in [4.78, 5) is 14.4. The molecule has 184 valence electrons. The number of piperazine rings is 1. The zero-order valence-corrected chi connectivity index (χ0v) is 22.0. The molecule has 0 atom stereocenters. The van der Waals surface area contributed by atoms with Crippen LogP contribution in [-0.2, 0) is 9.53 Å². The molecule has 0 aromatic carbocycles. The van der Waals surface area contributed by atoms with Crippen molar-refractivity contribution in [3.05, 3.63) is 0 Å². The number of carbonyl (C=O) groups is 1. The molecule has 4 fully saturated rings. The Bertz CT molecular complexity index is 514. The highest BCUT2D eigenvalue weighted by atomic mass is 28.3. The van der Waals surface area contributed by atoms with E-state index in [1.807, 2.05) is 6.92 Å². The minimum atomic E-state index is -1.56. The van der Waals surface area contributed by atoms with Gasteiger partial charge in [-0.2, -0.15) is 0 Å². The Hall–Kier alpha value is -0.393. The zero-order valence-electron chi connectivity index (χ0n) is 21.0. The molecule has 3 aliphatic carbocycles. The van der Waals surface area contributed by atoms with Crippen molar-refractivity contribution in [2.24, 2.45) is 0 Å². The summed E-state index contributed by atoms with van der Waals surface area (Å²) in [6, 6.07) is 0. The Balaban J connectivity index is 1.52. The number of carbonyl (C=O) groups excluding carboxylic acids is 1. The van der Waals surface area contributed by atoms with E-state index < -0.39 is 8.24 Å². The van der Waals surface area contributed by atoms with E-state index in [9.17, 15) is 4.79 Å². The van der Waals surface area contributed by atoms with Crippen molar-refractivity contribution < 1.29 is 9.53 Å². The summed E-state index contributed by atoms with van der Waals surface area (Å²) >= 11 is 0. The highest BCUT2D eigenvalue weighted by molar-refractivity contribution is 6.81. The van der Waals surface area contributed by atoms with E-state index in [1.54, 1.807) is 38.5 Å². The van der Waals surface area contributed by atoms with Crippen molar-refractivity contribution in [3.8, 4) is 0 Å². The Kier molecular flexibility index (Phi) is 9.54. The van der Waals surface area contributed by atoms with Crippen LogP contribution in [0.4, 0.5) is 0 Å². The molecule has 0 N–H and O–H groups in total. The molecule has 4 rings (SSSR count). The summed E-state index contributed by atoms with van der Waals surface area (Å²) in [5.74, 6) is -0.0229. The topological polar surface area (TPSA) is 32.8 Å². The molecule has 0 unspecified atom stereocenters. The smallest absolute Gasteiger partial charge is 0.307 e. The van der Waals surface area contributed by atoms with Gasteiger partial charge < -0.3 is 14.2 Å². The fourth-order valence-electron chi connectivity index (χ4n) is 8.31. The van der Waals surface area contributed by atoms with Crippen molar-refractivity contribution in [2.75, 3.05) is 39.3 Å². The predicted octanol–water partition coefficient (Wildman–Crippen LogP) is 6.51. The zero-order chi connectivity index (χ0) is 22.2. The molecular weight excluding hydrogens is 412 g/mol. The van der Waals surface area contributed by atoms with Gasteiger partial charge in [0.2, 0.25) is 0 Å². The van der Waals surface area contributed by atoms with Gasteiger partial charge in [0.05, 0.1) is 13.0 Å². The average Bonchev–Trinajstić information content (AvgIpc) is 2.86. The molecule has 0 amide bonds. The molecule has 3 saturated carbocycles. The molecule has 32 heavy (non-hydrogen) atoms. The van der Waals surface area contributed by atoms with Crippen LogP contribution in [0.15, 0.2) is 0 Å². The Morgan fingerprint density at radius 2 is 1.16 bits per heavy atom. The van der Waals surface area contributed by atoms with Gasteiger partial charge in [0.25, 0.3) is 0 Å². The number of esters is 1. The van der Waals surface area contributed by atoms with Crippen LogP contribution in [0.25, 0.3) is 0 Å². The lowest BCUT2D eigenvalue weighted by Gasteiger charge is -2.60. The molecule has 0 bridgehead atoms. The summed E-state index contributed by atoms with van der Waals surface area (Å²) in [6.45, 7) is 8.18. The summed E-state index contributed by atoms with van der Waals surface area (Å²) in [6.07, 6.45) is 23.3. The first-order chi connectivity index (χ1) is 15.7. The first-order valence-corrected chi connectivity index (χ1v) is 16.6. The van der Waals surface area contributed by atoms with Crippen LogP contribution in [0.2, 0.25) is 16.6 Å². The first-order valence-electron chi connectivity index (χ1n) is 14.4. The van der Waals surface area contributed by atoms with E-state index in [4.69, 9.17) is 4.74 Å². The second-order valence-corrected chi connectivity index (χ2v) is 16.1. The van der Waals surface area contributed by atoms with Crippen molar-refractivity contribution >= 4 is 14.2 Å². The maximum atomic E-state index is 11.9. The third kappa shape index (κ3) is 5.63. The van der Waals surface area contributed by atoms with Crippen LogP contribution in [0.3, 0.4) is 0 Å². The van der Waals surface area contributed by atoms with Gasteiger partial charge in [-0.05, 0) is 23.5 Å². The largest absolute Gasteiger partial charge is 0.466 e. The third-order valence-corrected chi connectivity index (χ3v) is 16.8. The van der Waals surface area contributed by atoms with Gasteiger partial charge in [-0.1, -0.05) is 96.3 Å². The monoisotopic (exact) mass is 462 g/mol. The van der Waals surface area contributed by atoms with E-state index in [0.29, 0.717) is 13.0 Å². The molecule has 5 heteroatoms. The minimum Gasteiger partial charge on any atom is -0.466 e. The number of hydrogen-bond donors (Lipinski definition) is 0. The van der Waals surface area contributed by atoms with Crippen LogP contribution in [-0.4, -0.2) is 63.0 Å². The lowest BCUT2D eigenvalue weighted by Crippen LogP contribution is -2.67. The van der Waals surface area contributed by atoms with Crippen LogP contribution >= 0.6 is 0 Å². The van der Waals surface area contributed by atoms with Gasteiger partial charge in [0.1, 0.15) is 8.24 Å². The first kappa shape index (κ1) is 24.7. The summed E-state index contributed by atoms with van der Waals surface area (Å²) in [7, 11) is -1.56. The van der Waals surface area contributed by atoms with E-state index in [0.717, 1.165) is 23.2 Å². The summed E-state index contributed by atoms with van der Waals surface area (Å²) in [5, 5.41) is 0. The predicted molar refractivity (Wildman–Crippen MR) is 136 cm³/mol. The van der Waals surface area contributed by atoms with E-state index in [-0.39, 0.29) is 5.97 Å². The van der Waals surface area contributed by atoms with Gasteiger partial charge in [-0.3, -0.25) is 4.79 Å². The normalized spacial score (nSPS) is 26.3. The van der Waals surface area contributed by atoms with Crippen LogP contribution in [0, 0.1) is 0 Å². The SMILES string of the molecule is CCOC(=O)CCN1CCN([Si](C2CCCCC2)(C2CCCCC2)C2CCCCC2)CC1. The van der Waals surface area contributed by atoms with Crippen molar-refractivity contribution in [3.63, 3.8) is 0 Å². The number of nitrogens with zero attached hydrogens (tertiary/aromatic N) is 2. The fraction of sp³-hybridized carbons (Fsp3) is 0.963. The Morgan fingerprint density at radius 3 is 1.56 bits per heavy atom. The Morgan fingerprint density at radius 1 is 0.719 bits per heavy atom. The van der Waals surface area contributed by atoms with Crippen LogP contribution in [0.5, 0.6) is 0 Å². The third-order valence-electron chi connectivity index (χ3n) is 9.63. The molecule has 4 aliphatic rings. The van der Waals surface area contributed by atoms with Crippen molar-refractivity contribution in [1.82, 2.24) is 9.47 Å². The van der Waals surface area contributed by atoms with E-state index in [2.05, 4.69) is 9.47 Å². The maximum absolute atomic E-state index is 11.9.